The lowest BCUT2D eigenvalue weighted by Gasteiger charge is -2.23. The summed E-state index contributed by atoms with van der Waals surface area (Å²) in [5.74, 6) is 0.807. The van der Waals surface area contributed by atoms with Gasteiger partial charge in [-0.3, -0.25) is 4.79 Å². The van der Waals surface area contributed by atoms with Gasteiger partial charge in [0.2, 0.25) is 5.91 Å². The Hall–Kier alpha value is -0.910. The summed E-state index contributed by atoms with van der Waals surface area (Å²) in [4.78, 5) is 25.4. The summed E-state index contributed by atoms with van der Waals surface area (Å²) in [6.45, 7) is 9.49. The first-order valence-corrected chi connectivity index (χ1v) is 7.78. The minimum Gasteiger partial charge on any atom is -0.350 e. The van der Waals surface area contributed by atoms with Gasteiger partial charge in [-0.1, -0.05) is 6.92 Å². The van der Waals surface area contributed by atoms with Crippen LogP contribution in [0.15, 0.2) is 0 Å². The molecule has 3 amide bonds. The van der Waals surface area contributed by atoms with Gasteiger partial charge in [0.25, 0.3) is 0 Å². The predicted molar refractivity (Wildman–Crippen MR) is 79.4 cm³/mol. The van der Waals surface area contributed by atoms with Crippen LogP contribution in [0, 0.1) is 0 Å². The van der Waals surface area contributed by atoms with Crippen LogP contribution in [-0.2, 0) is 4.79 Å². The molecule has 110 valence electrons. The highest BCUT2D eigenvalue weighted by Gasteiger charge is 2.20. The fourth-order valence-corrected chi connectivity index (χ4v) is 2.83. The summed E-state index contributed by atoms with van der Waals surface area (Å²) < 4.78 is 0. The molecule has 1 aliphatic rings. The van der Waals surface area contributed by atoms with Gasteiger partial charge in [-0.25, -0.2) is 4.79 Å². The Labute approximate surface area is 119 Å². The van der Waals surface area contributed by atoms with Crippen molar-refractivity contribution in [3.8, 4) is 0 Å². The molecule has 19 heavy (non-hydrogen) atoms. The average Bonchev–Trinajstić information content (AvgIpc) is 2.48. The minimum atomic E-state index is -0.267. The second-order valence-corrected chi connectivity index (χ2v) is 7.46. The van der Waals surface area contributed by atoms with E-state index in [0.717, 1.165) is 25.3 Å². The van der Waals surface area contributed by atoms with E-state index in [1.807, 2.05) is 32.5 Å². The Kier molecular flexibility index (Phi) is 5.97. The van der Waals surface area contributed by atoms with Crippen LogP contribution >= 0.6 is 11.8 Å². The third-order valence-corrected chi connectivity index (χ3v) is 3.99. The SMILES string of the molecule is CC1CCN(C(=O)NCC(=O)NC(C)(C)C)CCS1. The van der Waals surface area contributed by atoms with E-state index in [2.05, 4.69) is 17.6 Å². The van der Waals surface area contributed by atoms with Gasteiger partial charge in [0, 0.05) is 29.6 Å². The van der Waals surface area contributed by atoms with E-state index in [4.69, 9.17) is 0 Å². The third kappa shape index (κ3) is 6.71. The van der Waals surface area contributed by atoms with Gasteiger partial charge in [0.05, 0.1) is 6.54 Å². The van der Waals surface area contributed by atoms with Crippen LogP contribution in [0.2, 0.25) is 0 Å². The number of amides is 3. The molecule has 1 rings (SSSR count). The van der Waals surface area contributed by atoms with Gasteiger partial charge in [0.15, 0.2) is 0 Å². The van der Waals surface area contributed by atoms with Crippen LogP contribution in [0.1, 0.15) is 34.1 Å². The number of carbonyl (C=O) groups excluding carboxylic acids is 2. The molecule has 0 radical (unpaired) electrons. The summed E-state index contributed by atoms with van der Waals surface area (Å²) in [5.41, 5.74) is -0.267. The number of hydrogen-bond donors (Lipinski definition) is 2. The van der Waals surface area contributed by atoms with Gasteiger partial charge in [-0.15, -0.1) is 0 Å². The van der Waals surface area contributed by atoms with Gasteiger partial charge < -0.3 is 15.5 Å². The topological polar surface area (TPSA) is 61.4 Å². The molecule has 0 saturated carbocycles. The maximum Gasteiger partial charge on any atom is 0.317 e. The second kappa shape index (κ2) is 7.03. The molecule has 0 aromatic carbocycles. The highest BCUT2D eigenvalue weighted by Crippen LogP contribution is 2.18. The normalized spacial score (nSPS) is 20.6. The molecule has 1 aliphatic heterocycles. The van der Waals surface area contributed by atoms with E-state index < -0.39 is 0 Å². The van der Waals surface area contributed by atoms with Crippen LogP contribution in [0.25, 0.3) is 0 Å². The highest BCUT2D eigenvalue weighted by molar-refractivity contribution is 7.99. The van der Waals surface area contributed by atoms with Crippen molar-refractivity contribution in [2.75, 3.05) is 25.4 Å². The number of hydrogen-bond acceptors (Lipinski definition) is 3. The van der Waals surface area contributed by atoms with Gasteiger partial charge in [0.1, 0.15) is 0 Å². The second-order valence-electron chi connectivity index (χ2n) is 5.91. The van der Waals surface area contributed by atoms with Gasteiger partial charge in [-0.2, -0.15) is 11.8 Å². The molecule has 5 nitrogen and oxygen atoms in total. The molecule has 0 aliphatic carbocycles. The Morgan fingerprint density at radius 3 is 2.63 bits per heavy atom. The molecular weight excluding hydrogens is 262 g/mol. The maximum absolute atomic E-state index is 12.0. The van der Waals surface area contributed by atoms with E-state index in [-0.39, 0.29) is 24.0 Å². The molecule has 0 aromatic heterocycles. The van der Waals surface area contributed by atoms with Gasteiger partial charge in [-0.05, 0) is 27.2 Å². The first-order valence-electron chi connectivity index (χ1n) is 6.73. The van der Waals surface area contributed by atoms with Crippen molar-refractivity contribution in [2.45, 2.75) is 44.9 Å². The lowest BCUT2D eigenvalue weighted by atomic mass is 10.1. The fraction of sp³-hybridized carbons (Fsp3) is 0.846. The monoisotopic (exact) mass is 287 g/mol. The average molecular weight is 287 g/mol. The summed E-state index contributed by atoms with van der Waals surface area (Å²) in [6.07, 6.45) is 1.01. The van der Waals surface area contributed by atoms with Crippen molar-refractivity contribution in [3.63, 3.8) is 0 Å². The molecular formula is C13H25N3O2S. The number of thioether (sulfide) groups is 1. The molecule has 1 saturated heterocycles. The zero-order valence-corrected chi connectivity index (χ0v) is 13.1. The quantitative estimate of drug-likeness (QED) is 0.808. The van der Waals surface area contributed by atoms with E-state index in [9.17, 15) is 9.59 Å². The molecule has 1 atom stereocenters. The minimum absolute atomic E-state index is 0.0370. The molecule has 2 N–H and O–H groups in total. The number of nitrogens with one attached hydrogen (secondary N) is 2. The number of rotatable bonds is 2. The largest absolute Gasteiger partial charge is 0.350 e. The zero-order chi connectivity index (χ0) is 14.5. The first kappa shape index (κ1) is 16.1. The molecule has 0 bridgehead atoms. The summed E-state index contributed by atoms with van der Waals surface area (Å²) in [5, 5.41) is 6.10. The van der Waals surface area contributed by atoms with Crippen molar-refractivity contribution >= 4 is 23.7 Å². The number of carbonyl (C=O) groups is 2. The van der Waals surface area contributed by atoms with Gasteiger partial charge >= 0.3 is 6.03 Å². The lowest BCUT2D eigenvalue weighted by molar-refractivity contribution is -0.121. The Balaban J connectivity index is 2.32. The molecule has 0 spiro atoms. The van der Waals surface area contributed by atoms with Crippen LogP contribution < -0.4 is 10.6 Å². The summed E-state index contributed by atoms with van der Waals surface area (Å²) in [7, 11) is 0. The predicted octanol–water partition coefficient (Wildman–Crippen LogP) is 1.44. The molecule has 1 heterocycles. The Morgan fingerprint density at radius 1 is 1.32 bits per heavy atom. The van der Waals surface area contributed by atoms with Crippen molar-refractivity contribution in [3.05, 3.63) is 0 Å². The molecule has 6 heteroatoms. The molecule has 1 unspecified atom stereocenters. The smallest absolute Gasteiger partial charge is 0.317 e. The zero-order valence-electron chi connectivity index (χ0n) is 12.3. The highest BCUT2D eigenvalue weighted by atomic mass is 32.2. The first-order chi connectivity index (χ1) is 8.78. The van der Waals surface area contributed by atoms with Crippen LogP contribution in [-0.4, -0.2) is 53.0 Å². The van der Waals surface area contributed by atoms with Crippen molar-refractivity contribution < 1.29 is 9.59 Å². The van der Waals surface area contributed by atoms with Crippen molar-refractivity contribution in [1.29, 1.82) is 0 Å². The van der Waals surface area contributed by atoms with Crippen LogP contribution in [0.3, 0.4) is 0 Å². The maximum atomic E-state index is 12.0. The standard InChI is InChI=1S/C13H25N3O2S/c1-10-5-6-16(7-8-19-10)12(18)14-9-11(17)15-13(2,3)4/h10H,5-9H2,1-4H3,(H,14,18)(H,15,17). The van der Waals surface area contributed by atoms with Crippen molar-refractivity contribution in [1.82, 2.24) is 15.5 Å². The summed E-state index contributed by atoms with van der Waals surface area (Å²) >= 11 is 1.89. The summed E-state index contributed by atoms with van der Waals surface area (Å²) in [6, 6.07) is -0.140. The van der Waals surface area contributed by atoms with Crippen molar-refractivity contribution in [2.24, 2.45) is 0 Å². The van der Waals surface area contributed by atoms with Crippen LogP contribution in [0.4, 0.5) is 4.79 Å². The van der Waals surface area contributed by atoms with Crippen LogP contribution in [0.5, 0.6) is 0 Å². The van der Waals surface area contributed by atoms with E-state index >= 15 is 0 Å². The van der Waals surface area contributed by atoms with E-state index in [0.29, 0.717) is 5.25 Å². The Bertz CT molecular complexity index is 328. The van der Waals surface area contributed by atoms with E-state index in [1.165, 1.54) is 0 Å². The number of urea groups is 1. The molecule has 1 fully saturated rings. The lowest BCUT2D eigenvalue weighted by Crippen LogP contribution is -2.49. The molecule has 0 aromatic rings. The van der Waals surface area contributed by atoms with E-state index in [1.54, 1.807) is 4.90 Å². The number of nitrogens with zero attached hydrogens (tertiary/aromatic N) is 1. The fourth-order valence-electron chi connectivity index (χ4n) is 1.83. The third-order valence-electron chi connectivity index (χ3n) is 2.77. The Morgan fingerprint density at radius 2 is 2.00 bits per heavy atom.